The van der Waals surface area contributed by atoms with Gasteiger partial charge in [-0.25, -0.2) is 4.68 Å². The molecule has 22 heavy (non-hydrogen) atoms. The van der Waals surface area contributed by atoms with Gasteiger partial charge >= 0.3 is 0 Å². The number of aryl methyl sites for hydroxylation is 2. The van der Waals surface area contributed by atoms with E-state index in [1.54, 1.807) is 4.68 Å². The molecule has 0 radical (unpaired) electrons. The van der Waals surface area contributed by atoms with Crippen molar-refractivity contribution in [1.82, 2.24) is 9.78 Å². The maximum atomic E-state index is 11.5. The zero-order chi connectivity index (χ0) is 16.1. The molecular weight excluding hydrogens is 276 g/mol. The maximum absolute atomic E-state index is 11.5. The number of nitrogens with zero attached hydrogens (tertiary/aromatic N) is 2. The van der Waals surface area contributed by atoms with Gasteiger partial charge in [0.05, 0.1) is 11.7 Å². The number of benzene rings is 1. The van der Waals surface area contributed by atoms with Gasteiger partial charge in [-0.05, 0) is 38.2 Å². The summed E-state index contributed by atoms with van der Waals surface area (Å²) in [4.78, 5) is 11.5. The molecule has 5 heteroatoms. The van der Waals surface area contributed by atoms with Gasteiger partial charge in [-0.15, -0.1) is 0 Å². The fourth-order valence-electron chi connectivity index (χ4n) is 2.72. The third-order valence-corrected chi connectivity index (χ3v) is 3.95. The van der Waals surface area contributed by atoms with E-state index in [2.05, 4.69) is 36.3 Å². The predicted octanol–water partition coefficient (Wildman–Crippen LogP) is 2.71. The highest BCUT2D eigenvalue weighted by molar-refractivity contribution is 5.98. The van der Waals surface area contributed by atoms with E-state index in [1.807, 2.05) is 13.0 Å². The molecule has 0 spiro atoms. The van der Waals surface area contributed by atoms with Crippen LogP contribution in [0.1, 0.15) is 54.3 Å². The molecule has 118 valence electrons. The summed E-state index contributed by atoms with van der Waals surface area (Å²) in [6.07, 6.45) is 3.65. The molecule has 0 aliphatic carbocycles. The highest BCUT2D eigenvalue weighted by Gasteiger charge is 2.21. The fraction of sp³-hybridized carbons (Fsp3) is 0.412. The smallest absolute Gasteiger partial charge is 0.254 e. The van der Waals surface area contributed by atoms with E-state index in [4.69, 9.17) is 11.5 Å². The number of hydrogen-bond acceptors (Lipinski definition) is 3. The number of anilines is 1. The highest BCUT2D eigenvalue weighted by atomic mass is 16.1. The van der Waals surface area contributed by atoms with Crippen LogP contribution >= 0.6 is 0 Å². The Labute approximate surface area is 131 Å². The molecule has 0 fully saturated rings. The summed E-state index contributed by atoms with van der Waals surface area (Å²) in [6.45, 7) is 4.01. The second kappa shape index (κ2) is 7.11. The van der Waals surface area contributed by atoms with Crippen LogP contribution in [-0.2, 0) is 12.8 Å². The highest BCUT2D eigenvalue weighted by Crippen LogP contribution is 2.24. The average molecular weight is 300 g/mol. The van der Waals surface area contributed by atoms with Gasteiger partial charge in [0.25, 0.3) is 5.91 Å². The van der Waals surface area contributed by atoms with E-state index in [9.17, 15) is 4.79 Å². The Morgan fingerprint density at radius 3 is 2.55 bits per heavy atom. The molecule has 1 atom stereocenters. The quantitative estimate of drug-likeness (QED) is 0.824. The molecule has 1 unspecified atom stereocenters. The SMILES string of the molecule is CCc1nn(C(C)CCCc2ccccc2)c(N)c1C(N)=O. The van der Waals surface area contributed by atoms with E-state index < -0.39 is 5.91 Å². The lowest BCUT2D eigenvalue weighted by molar-refractivity contribution is 0.1000. The van der Waals surface area contributed by atoms with Crippen molar-refractivity contribution < 1.29 is 4.79 Å². The Bertz CT molecular complexity index is 634. The molecule has 1 heterocycles. The summed E-state index contributed by atoms with van der Waals surface area (Å²) in [5.41, 5.74) is 13.9. The first kappa shape index (κ1) is 16.1. The zero-order valence-corrected chi connectivity index (χ0v) is 13.2. The molecule has 2 rings (SSSR count). The summed E-state index contributed by atoms with van der Waals surface area (Å²) < 4.78 is 1.74. The van der Waals surface area contributed by atoms with Crippen molar-refractivity contribution in [2.45, 2.75) is 45.6 Å². The van der Waals surface area contributed by atoms with Gasteiger partial charge < -0.3 is 11.5 Å². The molecule has 4 N–H and O–H groups in total. The first-order valence-corrected chi connectivity index (χ1v) is 7.75. The van der Waals surface area contributed by atoms with Gasteiger partial charge in [0, 0.05) is 0 Å². The summed E-state index contributed by atoms with van der Waals surface area (Å²) >= 11 is 0. The number of amides is 1. The van der Waals surface area contributed by atoms with Crippen molar-refractivity contribution >= 4 is 11.7 Å². The molecule has 0 aliphatic heterocycles. The van der Waals surface area contributed by atoms with Crippen molar-refractivity contribution in [2.75, 3.05) is 5.73 Å². The van der Waals surface area contributed by atoms with Crippen molar-refractivity contribution in [2.24, 2.45) is 5.73 Å². The predicted molar refractivity (Wildman–Crippen MR) is 88.6 cm³/mol. The lowest BCUT2D eigenvalue weighted by atomic mass is 10.1. The molecular formula is C17H24N4O. The Morgan fingerprint density at radius 2 is 2.00 bits per heavy atom. The topological polar surface area (TPSA) is 86.9 Å². The van der Waals surface area contributed by atoms with Gasteiger partial charge in [0.15, 0.2) is 0 Å². The molecule has 0 aliphatic rings. The summed E-state index contributed by atoms with van der Waals surface area (Å²) in [5, 5.41) is 4.47. The van der Waals surface area contributed by atoms with Gasteiger partial charge in [0.2, 0.25) is 0 Å². The van der Waals surface area contributed by atoms with Gasteiger partial charge in [-0.3, -0.25) is 4.79 Å². The maximum Gasteiger partial charge on any atom is 0.254 e. The second-order valence-corrected chi connectivity index (χ2v) is 5.60. The summed E-state index contributed by atoms with van der Waals surface area (Å²) in [6, 6.07) is 10.5. The van der Waals surface area contributed by atoms with E-state index in [0.717, 1.165) is 19.3 Å². The Kier molecular flexibility index (Phi) is 5.20. The number of nitrogen functional groups attached to an aromatic ring is 1. The zero-order valence-electron chi connectivity index (χ0n) is 13.2. The number of rotatable bonds is 7. The molecule has 2 aromatic rings. The molecule has 0 saturated carbocycles. The van der Waals surface area contributed by atoms with E-state index in [0.29, 0.717) is 23.5 Å². The van der Waals surface area contributed by atoms with Crippen LogP contribution in [0.5, 0.6) is 0 Å². The van der Waals surface area contributed by atoms with Crippen LogP contribution in [0.3, 0.4) is 0 Å². The number of primary amides is 1. The lowest BCUT2D eigenvalue weighted by Gasteiger charge is -2.14. The minimum atomic E-state index is -0.503. The molecule has 1 aromatic carbocycles. The van der Waals surface area contributed by atoms with Crippen LogP contribution in [0.2, 0.25) is 0 Å². The molecule has 5 nitrogen and oxygen atoms in total. The van der Waals surface area contributed by atoms with Crippen LogP contribution in [-0.4, -0.2) is 15.7 Å². The normalized spacial score (nSPS) is 12.3. The van der Waals surface area contributed by atoms with Gasteiger partial charge in [-0.1, -0.05) is 37.3 Å². The summed E-state index contributed by atoms with van der Waals surface area (Å²) in [5.74, 6) is -0.117. The monoisotopic (exact) mass is 300 g/mol. The van der Waals surface area contributed by atoms with Crippen LogP contribution in [0, 0.1) is 0 Å². The molecule has 1 amide bonds. The van der Waals surface area contributed by atoms with Crippen LogP contribution in [0.4, 0.5) is 5.82 Å². The van der Waals surface area contributed by atoms with Crippen molar-refractivity contribution in [3.63, 3.8) is 0 Å². The number of aromatic nitrogens is 2. The van der Waals surface area contributed by atoms with Crippen molar-refractivity contribution in [1.29, 1.82) is 0 Å². The van der Waals surface area contributed by atoms with Crippen molar-refractivity contribution in [3.05, 3.63) is 47.2 Å². The van der Waals surface area contributed by atoms with E-state index in [1.165, 1.54) is 5.56 Å². The number of carbonyl (C=O) groups excluding carboxylic acids is 1. The van der Waals surface area contributed by atoms with E-state index in [-0.39, 0.29) is 6.04 Å². The fourth-order valence-corrected chi connectivity index (χ4v) is 2.72. The van der Waals surface area contributed by atoms with Crippen LogP contribution in [0.25, 0.3) is 0 Å². The standard InChI is InChI=1S/C17H24N4O/c1-3-14-15(17(19)22)16(18)21(20-14)12(2)8-7-11-13-9-5-4-6-10-13/h4-6,9-10,12H,3,7-8,11,18H2,1-2H3,(H2,19,22). The Balaban J connectivity index is 2.03. The minimum Gasteiger partial charge on any atom is -0.383 e. The largest absolute Gasteiger partial charge is 0.383 e. The average Bonchev–Trinajstić information content (AvgIpc) is 2.85. The van der Waals surface area contributed by atoms with Crippen molar-refractivity contribution in [3.8, 4) is 0 Å². The third-order valence-electron chi connectivity index (χ3n) is 3.95. The lowest BCUT2D eigenvalue weighted by Crippen LogP contribution is -2.16. The molecule has 0 saturated heterocycles. The van der Waals surface area contributed by atoms with Crippen LogP contribution < -0.4 is 11.5 Å². The summed E-state index contributed by atoms with van der Waals surface area (Å²) in [7, 11) is 0. The number of nitrogens with two attached hydrogens (primary N) is 2. The van der Waals surface area contributed by atoms with Gasteiger partial charge in [0.1, 0.15) is 11.4 Å². The third kappa shape index (κ3) is 3.47. The molecule has 0 bridgehead atoms. The van der Waals surface area contributed by atoms with E-state index >= 15 is 0 Å². The number of carbonyl (C=O) groups is 1. The number of hydrogen-bond donors (Lipinski definition) is 2. The van der Waals surface area contributed by atoms with Gasteiger partial charge in [-0.2, -0.15) is 5.10 Å². The van der Waals surface area contributed by atoms with Crippen LogP contribution in [0.15, 0.2) is 30.3 Å². The Hall–Kier alpha value is -2.30. The molecule has 1 aromatic heterocycles. The second-order valence-electron chi connectivity index (χ2n) is 5.60. The Morgan fingerprint density at radius 1 is 1.32 bits per heavy atom. The first-order chi connectivity index (χ1) is 10.5. The first-order valence-electron chi connectivity index (χ1n) is 7.75. The minimum absolute atomic E-state index is 0.141.